The topological polar surface area (TPSA) is 78.1 Å². The second kappa shape index (κ2) is 9.32. The van der Waals surface area contributed by atoms with E-state index in [9.17, 15) is 9.59 Å². The van der Waals surface area contributed by atoms with Crippen molar-refractivity contribution in [1.29, 1.82) is 0 Å². The molecule has 1 aromatic heterocycles. The summed E-state index contributed by atoms with van der Waals surface area (Å²) in [6.07, 6.45) is 4.25. The predicted octanol–water partition coefficient (Wildman–Crippen LogP) is 4.88. The zero-order chi connectivity index (χ0) is 22.0. The van der Waals surface area contributed by atoms with Gasteiger partial charge in [0.2, 0.25) is 5.91 Å². The van der Waals surface area contributed by atoms with Crippen LogP contribution in [0.25, 0.3) is 11.0 Å². The molecule has 2 aromatic carbocycles. The van der Waals surface area contributed by atoms with E-state index in [-0.39, 0.29) is 17.9 Å². The number of nitrogens with one attached hydrogen (secondary N) is 2. The van der Waals surface area contributed by atoms with Crippen molar-refractivity contribution in [3.05, 3.63) is 58.4 Å². The quantitative estimate of drug-likeness (QED) is 0.531. The minimum absolute atomic E-state index is 0.141. The summed E-state index contributed by atoms with van der Waals surface area (Å²) < 4.78 is 0. The zero-order valence-electron chi connectivity index (χ0n) is 17.6. The van der Waals surface area contributed by atoms with E-state index in [1.54, 1.807) is 22.7 Å². The maximum atomic E-state index is 13.0. The molecule has 1 fully saturated rings. The van der Waals surface area contributed by atoms with Crippen LogP contribution in [0.1, 0.15) is 47.1 Å². The number of aromatic amines is 1. The summed E-state index contributed by atoms with van der Waals surface area (Å²) in [6.45, 7) is 2.67. The standard InChI is InChI=1S/C23H25ClN4O2S/c1-14-12-15(5-8-20(14)28-10-3-4-21(28)29)23(30)27-18(9-11-31-2)22-25-17-7-6-16(24)13-19(17)26-22/h5-8,12-13,18H,3-4,9-11H2,1-2H3,(H,25,26)(H,27,30)/t18-/m0/s1. The highest BCUT2D eigenvalue weighted by molar-refractivity contribution is 7.98. The summed E-state index contributed by atoms with van der Waals surface area (Å²) in [5.41, 5.74) is 4.04. The van der Waals surface area contributed by atoms with E-state index < -0.39 is 0 Å². The highest BCUT2D eigenvalue weighted by Crippen LogP contribution is 2.27. The average molecular weight is 457 g/mol. The van der Waals surface area contributed by atoms with Gasteiger partial charge in [-0.05, 0) is 73.7 Å². The number of amides is 2. The Labute approximate surface area is 190 Å². The van der Waals surface area contributed by atoms with Gasteiger partial charge in [0.25, 0.3) is 5.91 Å². The number of fused-ring (bicyclic) bond motifs is 1. The summed E-state index contributed by atoms with van der Waals surface area (Å²) >= 11 is 7.81. The Bertz CT molecular complexity index is 1130. The number of aryl methyl sites for hydroxylation is 1. The number of aromatic nitrogens is 2. The molecule has 1 saturated heterocycles. The molecular formula is C23H25ClN4O2S. The number of halogens is 1. The Morgan fingerprint density at radius 3 is 2.87 bits per heavy atom. The molecule has 2 N–H and O–H groups in total. The molecule has 6 nitrogen and oxygen atoms in total. The van der Waals surface area contributed by atoms with Crippen molar-refractivity contribution >= 4 is 51.9 Å². The van der Waals surface area contributed by atoms with Gasteiger partial charge >= 0.3 is 0 Å². The van der Waals surface area contributed by atoms with E-state index in [4.69, 9.17) is 11.6 Å². The first-order valence-electron chi connectivity index (χ1n) is 10.3. The number of nitrogens with zero attached hydrogens (tertiary/aromatic N) is 2. The van der Waals surface area contributed by atoms with Crippen LogP contribution in [-0.2, 0) is 4.79 Å². The maximum absolute atomic E-state index is 13.0. The van der Waals surface area contributed by atoms with Gasteiger partial charge in [0.1, 0.15) is 5.82 Å². The molecule has 1 aliphatic heterocycles. The van der Waals surface area contributed by atoms with Crippen molar-refractivity contribution in [2.75, 3.05) is 23.5 Å². The number of imidazole rings is 1. The number of thioether (sulfide) groups is 1. The summed E-state index contributed by atoms with van der Waals surface area (Å²) in [5, 5.41) is 3.75. The number of rotatable bonds is 7. The minimum atomic E-state index is -0.244. The fourth-order valence-corrected chi connectivity index (χ4v) is 4.56. The molecule has 4 rings (SSSR count). The minimum Gasteiger partial charge on any atom is -0.342 e. The second-order valence-corrected chi connectivity index (χ2v) is 9.16. The van der Waals surface area contributed by atoms with Crippen molar-refractivity contribution in [3.63, 3.8) is 0 Å². The zero-order valence-corrected chi connectivity index (χ0v) is 19.1. The molecule has 2 heterocycles. The monoisotopic (exact) mass is 456 g/mol. The molecule has 0 bridgehead atoms. The summed E-state index contributed by atoms with van der Waals surface area (Å²) in [7, 11) is 0. The van der Waals surface area contributed by atoms with E-state index in [2.05, 4.69) is 15.3 Å². The molecule has 8 heteroatoms. The number of hydrogen-bond acceptors (Lipinski definition) is 4. The Morgan fingerprint density at radius 1 is 1.32 bits per heavy atom. The van der Waals surface area contributed by atoms with Crippen LogP contribution in [0, 0.1) is 6.92 Å². The van der Waals surface area contributed by atoms with E-state index >= 15 is 0 Å². The van der Waals surface area contributed by atoms with Gasteiger partial charge in [0.05, 0.1) is 17.1 Å². The molecule has 0 saturated carbocycles. The Hall–Kier alpha value is -2.51. The van der Waals surface area contributed by atoms with Gasteiger partial charge in [0, 0.05) is 29.2 Å². The van der Waals surface area contributed by atoms with Gasteiger partial charge in [-0.15, -0.1) is 0 Å². The molecule has 162 valence electrons. The lowest BCUT2D eigenvalue weighted by molar-refractivity contribution is -0.117. The van der Waals surface area contributed by atoms with Crippen molar-refractivity contribution in [3.8, 4) is 0 Å². The van der Waals surface area contributed by atoms with Crippen LogP contribution in [0.3, 0.4) is 0 Å². The molecule has 3 aromatic rings. The third-order valence-electron chi connectivity index (χ3n) is 5.53. The number of anilines is 1. The molecule has 0 unspecified atom stereocenters. The molecular weight excluding hydrogens is 432 g/mol. The van der Waals surface area contributed by atoms with E-state index in [1.165, 1.54) is 0 Å². The SMILES string of the molecule is CSCC[C@H](NC(=O)c1ccc(N2CCCC2=O)c(C)c1)c1nc2cc(Cl)ccc2[nH]1. The third kappa shape index (κ3) is 4.72. The van der Waals surface area contributed by atoms with Gasteiger partial charge in [-0.3, -0.25) is 9.59 Å². The van der Waals surface area contributed by atoms with Crippen LogP contribution >= 0.6 is 23.4 Å². The largest absolute Gasteiger partial charge is 0.342 e. The average Bonchev–Trinajstić information content (AvgIpc) is 3.36. The Kier molecular flexibility index (Phi) is 6.53. The van der Waals surface area contributed by atoms with E-state index in [1.807, 2.05) is 43.5 Å². The molecule has 0 spiro atoms. The third-order valence-corrected chi connectivity index (χ3v) is 6.41. The molecule has 0 radical (unpaired) electrons. The Balaban J connectivity index is 1.55. The highest BCUT2D eigenvalue weighted by atomic mass is 35.5. The van der Waals surface area contributed by atoms with E-state index in [0.29, 0.717) is 17.0 Å². The predicted molar refractivity (Wildman–Crippen MR) is 127 cm³/mol. The molecule has 0 aliphatic carbocycles. The van der Waals surface area contributed by atoms with Crippen LogP contribution < -0.4 is 10.2 Å². The number of carbonyl (C=O) groups is 2. The van der Waals surface area contributed by atoms with Crippen molar-refractivity contribution in [2.24, 2.45) is 0 Å². The number of benzene rings is 2. The molecule has 2 amide bonds. The molecule has 31 heavy (non-hydrogen) atoms. The first-order valence-corrected chi connectivity index (χ1v) is 12.1. The summed E-state index contributed by atoms with van der Waals surface area (Å²) in [6, 6.07) is 10.8. The number of H-pyrrole nitrogens is 1. The second-order valence-electron chi connectivity index (χ2n) is 7.74. The first kappa shape index (κ1) is 21.7. The van der Waals surface area contributed by atoms with Crippen LogP contribution in [0.4, 0.5) is 5.69 Å². The fraction of sp³-hybridized carbons (Fsp3) is 0.348. The van der Waals surface area contributed by atoms with Crippen LogP contribution in [0.5, 0.6) is 0 Å². The van der Waals surface area contributed by atoms with Crippen molar-refractivity contribution in [2.45, 2.75) is 32.2 Å². The first-order chi connectivity index (χ1) is 15.0. The molecule has 1 atom stereocenters. The van der Waals surface area contributed by atoms with Crippen LogP contribution in [0.2, 0.25) is 5.02 Å². The van der Waals surface area contributed by atoms with Gasteiger partial charge in [-0.1, -0.05) is 11.6 Å². The molecule has 1 aliphatic rings. The lowest BCUT2D eigenvalue weighted by atomic mass is 10.1. The van der Waals surface area contributed by atoms with Crippen LogP contribution in [-0.4, -0.2) is 40.3 Å². The smallest absolute Gasteiger partial charge is 0.251 e. The maximum Gasteiger partial charge on any atom is 0.251 e. The lowest BCUT2D eigenvalue weighted by Crippen LogP contribution is -2.30. The summed E-state index contributed by atoms with van der Waals surface area (Å²) in [5.74, 6) is 1.59. The fourth-order valence-electron chi connectivity index (χ4n) is 3.92. The normalized spacial score (nSPS) is 14.9. The van der Waals surface area contributed by atoms with E-state index in [0.717, 1.165) is 53.2 Å². The van der Waals surface area contributed by atoms with Gasteiger partial charge < -0.3 is 15.2 Å². The summed E-state index contributed by atoms with van der Waals surface area (Å²) in [4.78, 5) is 34.9. The van der Waals surface area contributed by atoms with Crippen molar-refractivity contribution < 1.29 is 9.59 Å². The number of carbonyl (C=O) groups excluding carboxylic acids is 2. The van der Waals surface area contributed by atoms with Gasteiger partial charge in [-0.25, -0.2) is 4.98 Å². The Morgan fingerprint density at radius 2 is 2.16 bits per heavy atom. The van der Waals surface area contributed by atoms with Gasteiger partial charge in [0.15, 0.2) is 0 Å². The highest BCUT2D eigenvalue weighted by Gasteiger charge is 2.24. The lowest BCUT2D eigenvalue weighted by Gasteiger charge is -2.20. The van der Waals surface area contributed by atoms with Gasteiger partial charge in [-0.2, -0.15) is 11.8 Å². The van der Waals surface area contributed by atoms with Crippen molar-refractivity contribution in [1.82, 2.24) is 15.3 Å². The number of hydrogen-bond donors (Lipinski definition) is 2. The van der Waals surface area contributed by atoms with Crippen LogP contribution in [0.15, 0.2) is 36.4 Å².